The highest BCUT2D eigenvalue weighted by Crippen LogP contribution is 2.37. The molecule has 0 aliphatic rings. The lowest BCUT2D eigenvalue weighted by molar-refractivity contribution is 0.933. The van der Waals surface area contributed by atoms with Crippen molar-refractivity contribution in [1.29, 1.82) is 0 Å². The highest BCUT2D eigenvalue weighted by molar-refractivity contribution is 7.99. The third-order valence-electron chi connectivity index (χ3n) is 3.80. The van der Waals surface area contributed by atoms with E-state index in [9.17, 15) is 0 Å². The van der Waals surface area contributed by atoms with Crippen molar-refractivity contribution < 1.29 is 0 Å². The summed E-state index contributed by atoms with van der Waals surface area (Å²) in [5.41, 5.74) is 3.57. The molecule has 0 spiro atoms. The predicted molar refractivity (Wildman–Crippen MR) is 101 cm³/mol. The molecule has 4 rings (SSSR count). The van der Waals surface area contributed by atoms with Crippen LogP contribution in [0.1, 0.15) is 5.69 Å². The first-order valence-electron chi connectivity index (χ1n) is 7.98. The summed E-state index contributed by atoms with van der Waals surface area (Å²) in [5, 5.41) is 7.92. The molecule has 0 aliphatic carbocycles. The predicted octanol–water partition coefficient (Wildman–Crippen LogP) is 4.29. The second kappa shape index (κ2) is 6.57. The van der Waals surface area contributed by atoms with Gasteiger partial charge in [-0.25, -0.2) is 9.50 Å². The van der Waals surface area contributed by atoms with Crippen molar-refractivity contribution in [3.8, 4) is 11.4 Å². The van der Waals surface area contributed by atoms with E-state index in [1.54, 1.807) is 18.0 Å². The largest absolute Gasteiger partial charge is 0.371 e. The van der Waals surface area contributed by atoms with Crippen molar-refractivity contribution in [2.75, 3.05) is 12.4 Å². The van der Waals surface area contributed by atoms with Crippen LogP contribution in [0.2, 0.25) is 0 Å². The van der Waals surface area contributed by atoms with Gasteiger partial charge in [0.1, 0.15) is 4.90 Å². The van der Waals surface area contributed by atoms with Crippen molar-refractivity contribution >= 4 is 23.2 Å². The molecule has 3 aromatic heterocycles. The van der Waals surface area contributed by atoms with E-state index in [0.717, 1.165) is 38.3 Å². The van der Waals surface area contributed by atoms with Crippen LogP contribution >= 0.6 is 11.8 Å². The van der Waals surface area contributed by atoms with Gasteiger partial charge < -0.3 is 5.32 Å². The van der Waals surface area contributed by atoms with Gasteiger partial charge in [-0.2, -0.15) is 0 Å². The lowest BCUT2D eigenvalue weighted by Crippen LogP contribution is -1.99. The molecule has 0 amide bonds. The lowest BCUT2D eigenvalue weighted by atomic mass is 10.2. The van der Waals surface area contributed by atoms with E-state index in [4.69, 9.17) is 10.1 Å². The van der Waals surface area contributed by atoms with Crippen molar-refractivity contribution in [1.82, 2.24) is 19.6 Å². The first-order chi connectivity index (χ1) is 12.3. The maximum absolute atomic E-state index is 4.74. The van der Waals surface area contributed by atoms with Gasteiger partial charge in [-0.3, -0.25) is 4.98 Å². The smallest absolute Gasteiger partial charge is 0.172 e. The minimum absolute atomic E-state index is 0.809. The van der Waals surface area contributed by atoms with Gasteiger partial charge in [0.15, 0.2) is 11.5 Å². The number of rotatable bonds is 4. The summed E-state index contributed by atoms with van der Waals surface area (Å²) in [6.45, 7) is 2.00. The number of anilines is 1. The van der Waals surface area contributed by atoms with Gasteiger partial charge in [-0.15, -0.1) is 5.10 Å². The van der Waals surface area contributed by atoms with Gasteiger partial charge >= 0.3 is 0 Å². The number of aromatic nitrogens is 4. The van der Waals surface area contributed by atoms with Crippen LogP contribution in [0.5, 0.6) is 0 Å². The summed E-state index contributed by atoms with van der Waals surface area (Å²) in [4.78, 5) is 11.4. The molecule has 1 N–H and O–H groups in total. The zero-order valence-electron chi connectivity index (χ0n) is 14.0. The summed E-state index contributed by atoms with van der Waals surface area (Å²) in [7, 11) is 1.88. The molecule has 0 atom stereocenters. The first kappa shape index (κ1) is 15.7. The molecule has 4 aromatic rings. The van der Waals surface area contributed by atoms with E-state index >= 15 is 0 Å². The number of hydrogen-bond acceptors (Lipinski definition) is 5. The molecule has 6 heteroatoms. The molecule has 124 valence electrons. The second-order valence-electron chi connectivity index (χ2n) is 5.58. The van der Waals surface area contributed by atoms with E-state index in [2.05, 4.69) is 22.4 Å². The van der Waals surface area contributed by atoms with E-state index in [1.165, 1.54) is 0 Å². The van der Waals surface area contributed by atoms with Crippen LogP contribution in [-0.2, 0) is 0 Å². The van der Waals surface area contributed by atoms with E-state index in [0.29, 0.717) is 0 Å². The number of fused-ring (bicyclic) bond motifs is 1. The third-order valence-corrected chi connectivity index (χ3v) is 4.89. The van der Waals surface area contributed by atoms with Crippen LogP contribution in [0.4, 0.5) is 5.82 Å². The van der Waals surface area contributed by atoms with Crippen LogP contribution in [-0.4, -0.2) is 26.6 Å². The number of benzene rings is 1. The van der Waals surface area contributed by atoms with Gasteiger partial charge in [0.05, 0.1) is 11.4 Å². The molecular formula is C19H17N5S. The number of nitrogens with one attached hydrogen (secondary N) is 1. The molecule has 5 nitrogen and oxygen atoms in total. The molecule has 0 fully saturated rings. The van der Waals surface area contributed by atoms with E-state index in [-0.39, 0.29) is 0 Å². The Morgan fingerprint density at radius 1 is 1.04 bits per heavy atom. The highest BCUT2D eigenvalue weighted by Gasteiger charge is 2.18. The summed E-state index contributed by atoms with van der Waals surface area (Å²) < 4.78 is 1.87. The Balaban J connectivity index is 1.93. The fraction of sp³-hybridized carbons (Fsp3) is 0.105. The number of pyridine rings is 1. The monoisotopic (exact) mass is 347 g/mol. The van der Waals surface area contributed by atoms with Gasteiger partial charge in [0, 0.05) is 23.8 Å². The maximum Gasteiger partial charge on any atom is 0.172 e. The SMILES string of the molecule is CNc1nn2c(-c3ccccn3)cc(C)nc2c1Sc1ccccc1. The second-order valence-corrected chi connectivity index (χ2v) is 6.66. The molecule has 0 unspecified atom stereocenters. The van der Waals surface area contributed by atoms with E-state index in [1.807, 2.05) is 61.0 Å². The topological polar surface area (TPSA) is 55.1 Å². The van der Waals surface area contributed by atoms with Gasteiger partial charge in [0.2, 0.25) is 0 Å². The normalized spacial score (nSPS) is 11.0. The van der Waals surface area contributed by atoms with Gasteiger partial charge in [-0.05, 0) is 37.3 Å². The van der Waals surface area contributed by atoms with Crippen molar-refractivity contribution in [2.24, 2.45) is 0 Å². The molecule has 3 heterocycles. The summed E-state index contributed by atoms with van der Waals surface area (Å²) in [5.74, 6) is 0.809. The van der Waals surface area contributed by atoms with Crippen LogP contribution in [0, 0.1) is 6.92 Å². The summed E-state index contributed by atoms with van der Waals surface area (Å²) in [6.07, 6.45) is 1.79. The summed E-state index contributed by atoms with van der Waals surface area (Å²) in [6, 6.07) is 18.1. The Labute approximate surface area is 150 Å². The average molecular weight is 347 g/mol. The first-order valence-corrected chi connectivity index (χ1v) is 8.80. The Hall–Kier alpha value is -2.86. The lowest BCUT2D eigenvalue weighted by Gasteiger charge is -2.06. The van der Waals surface area contributed by atoms with Crippen molar-refractivity contribution in [3.63, 3.8) is 0 Å². The highest BCUT2D eigenvalue weighted by atomic mass is 32.2. The Morgan fingerprint density at radius 2 is 1.84 bits per heavy atom. The molecule has 1 aromatic carbocycles. The van der Waals surface area contributed by atoms with Gasteiger partial charge in [0.25, 0.3) is 0 Å². The zero-order chi connectivity index (χ0) is 17.2. The number of nitrogens with zero attached hydrogens (tertiary/aromatic N) is 4. The molecule has 0 saturated carbocycles. The minimum Gasteiger partial charge on any atom is -0.371 e. The molecule has 0 saturated heterocycles. The molecule has 0 aliphatic heterocycles. The molecule has 0 bridgehead atoms. The third kappa shape index (κ3) is 2.96. The molecule has 25 heavy (non-hydrogen) atoms. The Morgan fingerprint density at radius 3 is 2.56 bits per heavy atom. The Bertz CT molecular complexity index is 1010. The minimum atomic E-state index is 0.809. The van der Waals surface area contributed by atoms with Crippen molar-refractivity contribution in [2.45, 2.75) is 16.7 Å². The number of aryl methyl sites for hydroxylation is 1. The maximum atomic E-state index is 4.74. The van der Waals surface area contributed by atoms with Gasteiger partial charge in [-0.1, -0.05) is 36.0 Å². The number of hydrogen-bond donors (Lipinski definition) is 1. The fourth-order valence-electron chi connectivity index (χ4n) is 2.68. The zero-order valence-corrected chi connectivity index (χ0v) is 14.8. The van der Waals surface area contributed by atoms with Crippen LogP contribution in [0.25, 0.3) is 17.0 Å². The molecular weight excluding hydrogens is 330 g/mol. The summed E-state index contributed by atoms with van der Waals surface area (Å²) >= 11 is 1.66. The van der Waals surface area contributed by atoms with E-state index < -0.39 is 0 Å². The standard InChI is InChI=1S/C19H17N5S/c1-13-12-16(15-10-6-7-11-21-15)24-19(22-13)17(18(20-2)23-24)25-14-8-4-3-5-9-14/h3-12H,1-2H3,(H,20,23). The van der Waals surface area contributed by atoms with Crippen LogP contribution < -0.4 is 5.32 Å². The molecule has 0 radical (unpaired) electrons. The quantitative estimate of drug-likeness (QED) is 0.597. The Kier molecular flexibility index (Phi) is 4.11. The van der Waals surface area contributed by atoms with Crippen LogP contribution in [0.15, 0.2) is 70.6 Å². The average Bonchev–Trinajstić information content (AvgIpc) is 3.00. The van der Waals surface area contributed by atoms with Crippen LogP contribution in [0.3, 0.4) is 0 Å². The van der Waals surface area contributed by atoms with Crippen molar-refractivity contribution in [3.05, 3.63) is 66.5 Å². The fourth-order valence-corrected chi connectivity index (χ4v) is 3.67.